The van der Waals surface area contributed by atoms with Gasteiger partial charge in [0, 0.05) is 34.6 Å². The fraction of sp³-hybridized carbons (Fsp3) is 0.400. The lowest BCUT2D eigenvalue weighted by Gasteiger charge is -2.06. The van der Waals surface area contributed by atoms with Crippen LogP contribution in [0.15, 0.2) is 21.8 Å². The summed E-state index contributed by atoms with van der Waals surface area (Å²) < 4.78 is 28.5. The fourth-order valence-corrected chi connectivity index (χ4v) is 5.85. The lowest BCUT2D eigenvalue weighted by Crippen LogP contribution is -2.29. The Kier molecular flexibility index (Phi) is 5.42. The minimum absolute atomic E-state index is 0.204. The van der Waals surface area contributed by atoms with E-state index in [0.29, 0.717) is 28.0 Å². The van der Waals surface area contributed by atoms with Gasteiger partial charge in [0.15, 0.2) is 0 Å². The van der Waals surface area contributed by atoms with Crippen LogP contribution in [0.3, 0.4) is 0 Å². The summed E-state index contributed by atoms with van der Waals surface area (Å²) in [5.74, 6) is 0. The van der Waals surface area contributed by atoms with E-state index in [1.54, 1.807) is 13.0 Å². The maximum absolute atomic E-state index is 12.3. The SMILES string of the molecule is CCc1cc(=O)n2nc(NCCNS(=O)(=O)c3cc(C)sc3C)sc2n1. The molecule has 0 radical (unpaired) electrons. The van der Waals surface area contributed by atoms with E-state index in [2.05, 4.69) is 20.1 Å². The van der Waals surface area contributed by atoms with Gasteiger partial charge in [0.25, 0.3) is 5.56 Å². The molecule has 0 aliphatic carbocycles. The van der Waals surface area contributed by atoms with E-state index in [4.69, 9.17) is 0 Å². The van der Waals surface area contributed by atoms with Crippen molar-refractivity contribution in [1.82, 2.24) is 19.3 Å². The number of nitrogens with zero attached hydrogens (tertiary/aromatic N) is 3. The third-order valence-corrected chi connectivity index (χ3v) is 7.19. The van der Waals surface area contributed by atoms with Crippen LogP contribution in [0.2, 0.25) is 0 Å². The number of fused-ring (bicyclic) bond motifs is 1. The molecule has 0 aliphatic heterocycles. The summed E-state index contributed by atoms with van der Waals surface area (Å²) in [4.78, 5) is 18.9. The largest absolute Gasteiger partial charge is 0.359 e. The molecule has 11 heteroatoms. The molecule has 0 saturated heterocycles. The van der Waals surface area contributed by atoms with Crippen LogP contribution in [0.4, 0.5) is 5.13 Å². The molecule has 3 rings (SSSR count). The van der Waals surface area contributed by atoms with Gasteiger partial charge in [0.2, 0.25) is 20.1 Å². The van der Waals surface area contributed by atoms with Gasteiger partial charge in [-0.05, 0) is 26.3 Å². The third-order valence-electron chi connectivity index (χ3n) is 3.64. The average molecular weight is 414 g/mol. The molecule has 0 bridgehead atoms. The number of anilines is 1. The van der Waals surface area contributed by atoms with Gasteiger partial charge in [0.05, 0.1) is 4.90 Å². The number of hydrogen-bond acceptors (Lipinski definition) is 8. The highest BCUT2D eigenvalue weighted by Gasteiger charge is 2.18. The molecule has 0 aromatic carbocycles. The van der Waals surface area contributed by atoms with Crippen LogP contribution >= 0.6 is 22.7 Å². The molecule has 0 unspecified atom stereocenters. The van der Waals surface area contributed by atoms with E-state index < -0.39 is 10.0 Å². The maximum atomic E-state index is 12.3. The van der Waals surface area contributed by atoms with Gasteiger partial charge < -0.3 is 5.32 Å². The van der Waals surface area contributed by atoms with E-state index in [1.165, 1.54) is 33.3 Å². The lowest BCUT2D eigenvalue weighted by molar-refractivity contribution is 0.582. The quantitative estimate of drug-likeness (QED) is 0.572. The van der Waals surface area contributed by atoms with Crippen LogP contribution in [0.25, 0.3) is 4.96 Å². The second-order valence-corrected chi connectivity index (χ2v) is 9.79. The minimum atomic E-state index is -3.53. The summed E-state index contributed by atoms with van der Waals surface area (Å²) >= 11 is 2.71. The summed E-state index contributed by atoms with van der Waals surface area (Å²) in [6.07, 6.45) is 0.676. The standard InChI is InChI=1S/C15H19N5O3S3/c1-4-11-8-13(21)20-15(18-11)25-14(19-20)16-5-6-17-26(22,23)12-7-9(2)24-10(12)3/h7-8,17H,4-6H2,1-3H3,(H,16,19). The van der Waals surface area contributed by atoms with Gasteiger partial charge in [0.1, 0.15) is 0 Å². The van der Waals surface area contributed by atoms with Crippen LogP contribution in [0.1, 0.15) is 22.4 Å². The number of aromatic nitrogens is 3. The van der Waals surface area contributed by atoms with Crippen molar-refractivity contribution < 1.29 is 8.42 Å². The first-order valence-electron chi connectivity index (χ1n) is 8.00. The molecule has 0 saturated carbocycles. The molecule has 2 N–H and O–H groups in total. The second kappa shape index (κ2) is 7.43. The van der Waals surface area contributed by atoms with E-state index >= 15 is 0 Å². The summed E-state index contributed by atoms with van der Waals surface area (Å²) in [5, 5.41) is 7.71. The minimum Gasteiger partial charge on any atom is -0.359 e. The molecule has 0 atom stereocenters. The highest BCUT2D eigenvalue weighted by Crippen LogP contribution is 2.24. The predicted octanol–water partition coefficient (Wildman–Crippen LogP) is 1.78. The number of hydrogen-bond donors (Lipinski definition) is 2. The monoisotopic (exact) mass is 413 g/mol. The van der Waals surface area contributed by atoms with Crippen LogP contribution in [-0.4, -0.2) is 36.1 Å². The van der Waals surface area contributed by atoms with E-state index in [1.807, 2.05) is 13.8 Å². The number of thiophene rings is 1. The molecule has 8 nitrogen and oxygen atoms in total. The maximum Gasteiger partial charge on any atom is 0.275 e. The zero-order valence-corrected chi connectivity index (χ0v) is 17.0. The van der Waals surface area contributed by atoms with Crippen LogP contribution in [-0.2, 0) is 16.4 Å². The molecule has 140 valence electrons. The summed E-state index contributed by atoms with van der Waals surface area (Å²) in [5.41, 5.74) is 0.500. The summed E-state index contributed by atoms with van der Waals surface area (Å²) in [6, 6.07) is 3.14. The Bertz CT molecular complexity index is 1100. The normalized spacial score (nSPS) is 12.0. The fourth-order valence-electron chi connectivity index (χ4n) is 2.42. The highest BCUT2D eigenvalue weighted by atomic mass is 32.2. The van der Waals surface area contributed by atoms with Crippen LogP contribution < -0.4 is 15.6 Å². The molecule has 3 aromatic rings. The number of nitrogens with one attached hydrogen (secondary N) is 2. The van der Waals surface area contributed by atoms with E-state index in [9.17, 15) is 13.2 Å². The van der Waals surface area contributed by atoms with Crippen molar-refractivity contribution in [1.29, 1.82) is 0 Å². The molecule has 0 spiro atoms. The second-order valence-electron chi connectivity index (χ2n) is 5.64. The Morgan fingerprint density at radius 3 is 2.62 bits per heavy atom. The molecule has 3 heterocycles. The Labute approximate surface area is 159 Å². The van der Waals surface area contributed by atoms with Crippen molar-refractivity contribution in [3.8, 4) is 0 Å². The van der Waals surface area contributed by atoms with Gasteiger partial charge in [-0.15, -0.1) is 16.4 Å². The van der Waals surface area contributed by atoms with Gasteiger partial charge >= 0.3 is 0 Å². The zero-order chi connectivity index (χ0) is 18.9. The van der Waals surface area contributed by atoms with Crippen LogP contribution in [0.5, 0.6) is 0 Å². The predicted molar refractivity (Wildman–Crippen MR) is 104 cm³/mol. The Morgan fingerprint density at radius 2 is 1.96 bits per heavy atom. The van der Waals surface area contributed by atoms with E-state index in [0.717, 1.165) is 15.4 Å². The third kappa shape index (κ3) is 3.95. The topological polar surface area (TPSA) is 105 Å². The molecule has 0 fully saturated rings. The Hall–Kier alpha value is -1.82. The Morgan fingerprint density at radius 1 is 1.19 bits per heavy atom. The smallest absolute Gasteiger partial charge is 0.275 e. The first kappa shape index (κ1) is 19.0. The lowest BCUT2D eigenvalue weighted by atomic mass is 10.3. The van der Waals surface area contributed by atoms with Crippen LogP contribution in [0, 0.1) is 13.8 Å². The van der Waals surface area contributed by atoms with Crippen molar-refractivity contribution in [2.24, 2.45) is 0 Å². The van der Waals surface area contributed by atoms with Crippen molar-refractivity contribution in [3.05, 3.63) is 37.9 Å². The van der Waals surface area contributed by atoms with Crippen molar-refractivity contribution in [3.63, 3.8) is 0 Å². The first-order valence-corrected chi connectivity index (χ1v) is 11.1. The summed E-state index contributed by atoms with van der Waals surface area (Å²) in [6.45, 7) is 6.15. The first-order chi connectivity index (χ1) is 12.3. The number of rotatable bonds is 7. The molecular formula is C15H19N5O3S3. The highest BCUT2D eigenvalue weighted by molar-refractivity contribution is 7.89. The van der Waals surface area contributed by atoms with Gasteiger partial charge in [-0.1, -0.05) is 18.3 Å². The van der Waals surface area contributed by atoms with Gasteiger partial charge in [-0.2, -0.15) is 4.52 Å². The molecule has 26 heavy (non-hydrogen) atoms. The molecule has 0 amide bonds. The molecular weight excluding hydrogens is 394 g/mol. The molecule has 3 aromatic heterocycles. The van der Waals surface area contributed by atoms with Crippen molar-refractivity contribution >= 4 is 42.8 Å². The summed E-state index contributed by atoms with van der Waals surface area (Å²) in [7, 11) is -3.53. The van der Waals surface area contributed by atoms with Gasteiger partial charge in [-0.3, -0.25) is 4.79 Å². The van der Waals surface area contributed by atoms with Crippen molar-refractivity contribution in [2.45, 2.75) is 32.1 Å². The molecule has 0 aliphatic rings. The van der Waals surface area contributed by atoms with E-state index in [-0.39, 0.29) is 12.1 Å². The number of aryl methyl sites for hydroxylation is 3. The van der Waals surface area contributed by atoms with Crippen molar-refractivity contribution in [2.75, 3.05) is 18.4 Å². The van der Waals surface area contributed by atoms with Gasteiger partial charge in [-0.25, -0.2) is 18.1 Å². The average Bonchev–Trinajstić information content (AvgIpc) is 3.14. The zero-order valence-electron chi connectivity index (χ0n) is 14.6. The Balaban J connectivity index is 1.63. The number of sulfonamides is 1.